The van der Waals surface area contributed by atoms with E-state index in [1.807, 2.05) is 24.3 Å². The summed E-state index contributed by atoms with van der Waals surface area (Å²) >= 11 is 6.59. The molecule has 0 bridgehead atoms. The van der Waals surface area contributed by atoms with Gasteiger partial charge < -0.3 is 9.29 Å². The van der Waals surface area contributed by atoms with Crippen molar-refractivity contribution in [3.05, 3.63) is 63.3 Å². The zero-order valence-corrected chi connectivity index (χ0v) is 23.6. The summed E-state index contributed by atoms with van der Waals surface area (Å²) in [5.41, 5.74) is 2.12. The fourth-order valence-electron chi connectivity index (χ4n) is 4.03. The van der Waals surface area contributed by atoms with Crippen molar-refractivity contribution >= 4 is 94.6 Å². The molecule has 0 saturated carbocycles. The highest BCUT2D eigenvalue weighted by Crippen LogP contribution is 2.39. The number of carbonyl (C=O) groups is 1. The van der Waals surface area contributed by atoms with Crippen molar-refractivity contribution in [2.45, 2.75) is 37.5 Å². The van der Waals surface area contributed by atoms with Gasteiger partial charge in [0.15, 0.2) is 0 Å². The number of rotatable bonds is 3. The number of carbonyl (C=O) groups excluding carboxylic acids is 1. The Morgan fingerprint density at radius 3 is 2.16 bits per heavy atom. The summed E-state index contributed by atoms with van der Waals surface area (Å²) in [7, 11) is -4.60. The Labute approximate surface area is 221 Å². The van der Waals surface area contributed by atoms with Gasteiger partial charge in [0.1, 0.15) is 15.9 Å². The van der Waals surface area contributed by atoms with E-state index >= 15 is 0 Å². The summed E-state index contributed by atoms with van der Waals surface area (Å²) < 4.78 is 43.9. The first-order valence-corrected chi connectivity index (χ1v) is 14.1. The van der Waals surface area contributed by atoms with Gasteiger partial charge >= 0.3 is 5.97 Å². The molecule has 0 amide bonds. The number of benzene rings is 3. The summed E-state index contributed by atoms with van der Waals surface area (Å²) in [5.74, 6) is -0.104. The lowest BCUT2D eigenvalue weighted by Gasteiger charge is -2.25. The van der Waals surface area contributed by atoms with Crippen molar-refractivity contribution in [2.75, 3.05) is 0 Å². The third-order valence-electron chi connectivity index (χ3n) is 5.45. The molecule has 162 valence electrons. The van der Waals surface area contributed by atoms with Crippen molar-refractivity contribution in [3.63, 3.8) is 0 Å². The van der Waals surface area contributed by atoms with Gasteiger partial charge in [0.05, 0.1) is 10.5 Å². The number of hydrogen-bond acceptors (Lipinski definition) is 5. The van der Waals surface area contributed by atoms with Crippen LogP contribution >= 0.6 is 67.8 Å². The van der Waals surface area contributed by atoms with Crippen molar-refractivity contribution in [2.24, 2.45) is 0 Å². The predicted octanol–water partition coefficient (Wildman–Crippen LogP) is 5.96. The van der Waals surface area contributed by atoms with E-state index in [-0.39, 0.29) is 4.90 Å². The maximum absolute atomic E-state index is 13.4. The quantitative estimate of drug-likeness (QED) is 0.108. The van der Waals surface area contributed by atoms with Gasteiger partial charge in [0.2, 0.25) is 0 Å². The van der Waals surface area contributed by atoms with Crippen LogP contribution in [0.2, 0.25) is 0 Å². The summed E-state index contributed by atoms with van der Waals surface area (Å²) in [6, 6.07) is 9.25. The van der Waals surface area contributed by atoms with Gasteiger partial charge in [-0.3, -0.25) is 0 Å². The smallest absolute Gasteiger partial charge is 0.345 e. The molecule has 1 aliphatic rings. The van der Waals surface area contributed by atoms with E-state index in [0.717, 1.165) is 34.3 Å². The molecule has 0 radical (unpaired) electrons. The summed E-state index contributed by atoms with van der Waals surface area (Å²) in [4.78, 5) is 13.2. The predicted molar refractivity (Wildman–Crippen MR) is 143 cm³/mol. The normalized spacial score (nSPS) is 13.8. The SMILES string of the molecule is Cc1cc(S(=O)(=O)[O-])c2c(c1OC(=O)c1c(I)c(I)c3ccccc3c1I)CCCC2. The topological polar surface area (TPSA) is 83.5 Å². The van der Waals surface area contributed by atoms with Crippen LogP contribution in [0.25, 0.3) is 10.8 Å². The second-order valence-electron chi connectivity index (χ2n) is 7.39. The minimum atomic E-state index is -4.60. The Kier molecular flexibility index (Phi) is 6.89. The Morgan fingerprint density at radius 1 is 0.968 bits per heavy atom. The van der Waals surface area contributed by atoms with Gasteiger partial charge in [-0.15, -0.1) is 0 Å². The second-order valence-corrected chi connectivity index (χ2v) is 12.0. The van der Waals surface area contributed by atoms with Crippen LogP contribution in [0.4, 0.5) is 0 Å². The Hall–Kier alpha value is -0.510. The molecule has 3 aromatic rings. The summed E-state index contributed by atoms with van der Waals surface area (Å²) in [6.45, 7) is 1.67. The van der Waals surface area contributed by atoms with E-state index < -0.39 is 16.1 Å². The molecule has 4 rings (SSSR count). The Morgan fingerprint density at radius 2 is 1.55 bits per heavy atom. The molecule has 0 atom stereocenters. The first kappa shape index (κ1) is 23.6. The largest absolute Gasteiger partial charge is 0.744 e. The van der Waals surface area contributed by atoms with E-state index in [2.05, 4.69) is 67.8 Å². The number of halogens is 3. The van der Waals surface area contributed by atoms with Crippen LogP contribution in [0.3, 0.4) is 0 Å². The van der Waals surface area contributed by atoms with Crippen molar-refractivity contribution in [3.8, 4) is 5.75 Å². The van der Waals surface area contributed by atoms with E-state index in [1.165, 1.54) is 6.07 Å². The molecular formula is C22H16I3O5S-. The minimum Gasteiger partial charge on any atom is -0.744 e. The van der Waals surface area contributed by atoms with Gasteiger partial charge in [-0.2, -0.15) is 0 Å². The van der Waals surface area contributed by atoms with Crippen LogP contribution in [0.5, 0.6) is 5.75 Å². The molecule has 0 aliphatic heterocycles. The molecule has 3 aromatic carbocycles. The van der Waals surface area contributed by atoms with Crippen LogP contribution < -0.4 is 4.74 Å². The van der Waals surface area contributed by atoms with Crippen molar-refractivity contribution in [1.82, 2.24) is 0 Å². The maximum atomic E-state index is 13.4. The van der Waals surface area contributed by atoms with Crippen LogP contribution in [-0.4, -0.2) is 18.9 Å². The Balaban J connectivity index is 1.86. The molecular weight excluding hydrogens is 757 g/mol. The molecule has 1 aliphatic carbocycles. The fourth-order valence-corrected chi connectivity index (χ4v) is 7.87. The summed E-state index contributed by atoms with van der Waals surface area (Å²) in [5, 5.41) is 2.05. The number of ether oxygens (including phenoxy) is 1. The van der Waals surface area contributed by atoms with Crippen molar-refractivity contribution < 1.29 is 22.5 Å². The third kappa shape index (κ3) is 4.36. The number of esters is 1. The zero-order valence-electron chi connectivity index (χ0n) is 16.3. The summed E-state index contributed by atoms with van der Waals surface area (Å²) in [6.07, 6.45) is 2.71. The average molecular weight is 773 g/mol. The molecule has 31 heavy (non-hydrogen) atoms. The first-order valence-electron chi connectivity index (χ1n) is 9.50. The van der Waals surface area contributed by atoms with E-state index in [1.54, 1.807) is 6.92 Å². The van der Waals surface area contributed by atoms with Crippen LogP contribution in [0, 0.1) is 17.6 Å². The standard InChI is InChI=1S/C22H17I3O5S/c1-11-10-16(31(27,28)29)12-6-2-5-9-15(12)21(11)30-22(26)17-18(23)13-7-3-4-8-14(13)19(24)20(17)25/h3-4,7-8,10H,2,5-6,9H2,1H3,(H,27,28,29)/p-1. The van der Waals surface area contributed by atoms with E-state index in [9.17, 15) is 17.8 Å². The molecule has 0 fully saturated rings. The van der Waals surface area contributed by atoms with Crippen LogP contribution in [0.1, 0.15) is 39.9 Å². The van der Waals surface area contributed by atoms with Gasteiger partial charge in [0, 0.05) is 10.7 Å². The highest BCUT2D eigenvalue weighted by Gasteiger charge is 2.27. The number of hydrogen-bond donors (Lipinski definition) is 0. The molecule has 0 saturated heterocycles. The highest BCUT2D eigenvalue weighted by atomic mass is 127. The lowest BCUT2D eigenvalue weighted by Crippen LogP contribution is -2.18. The highest BCUT2D eigenvalue weighted by molar-refractivity contribution is 14.1. The fraction of sp³-hybridized carbons (Fsp3) is 0.227. The van der Waals surface area contributed by atoms with Gasteiger partial charge in [-0.1, -0.05) is 24.3 Å². The molecule has 0 N–H and O–H groups in total. The molecule has 5 nitrogen and oxygen atoms in total. The average Bonchev–Trinajstić information content (AvgIpc) is 2.73. The Bertz CT molecular complexity index is 1350. The lowest BCUT2D eigenvalue weighted by atomic mass is 9.89. The third-order valence-corrected chi connectivity index (χ3v) is 10.7. The van der Waals surface area contributed by atoms with E-state index in [4.69, 9.17) is 4.74 Å². The van der Waals surface area contributed by atoms with Crippen LogP contribution in [0.15, 0.2) is 35.2 Å². The van der Waals surface area contributed by atoms with Crippen molar-refractivity contribution in [1.29, 1.82) is 0 Å². The minimum absolute atomic E-state index is 0.191. The molecule has 0 spiro atoms. The maximum Gasteiger partial charge on any atom is 0.345 e. The van der Waals surface area contributed by atoms with Gasteiger partial charge in [-0.05, 0) is 134 Å². The monoisotopic (exact) mass is 773 g/mol. The second kappa shape index (κ2) is 9.03. The first-order chi connectivity index (χ1) is 14.6. The molecule has 0 heterocycles. The zero-order chi connectivity index (χ0) is 22.5. The number of aryl methyl sites for hydroxylation is 1. The van der Waals surface area contributed by atoms with E-state index in [0.29, 0.717) is 40.8 Å². The van der Waals surface area contributed by atoms with Gasteiger partial charge in [0.25, 0.3) is 0 Å². The van der Waals surface area contributed by atoms with Crippen LogP contribution in [-0.2, 0) is 23.0 Å². The molecule has 0 aromatic heterocycles. The lowest BCUT2D eigenvalue weighted by molar-refractivity contribution is 0.0729. The molecule has 9 heteroatoms. The van der Waals surface area contributed by atoms with Gasteiger partial charge in [-0.25, -0.2) is 13.2 Å². The molecule has 0 unspecified atom stereocenters. The number of fused-ring (bicyclic) bond motifs is 2.